The Morgan fingerprint density at radius 2 is 2.30 bits per heavy atom. The molecule has 0 aromatic carbocycles. The van der Waals surface area contributed by atoms with E-state index < -0.39 is 18.0 Å². The van der Waals surface area contributed by atoms with Crippen LogP contribution in [0.4, 0.5) is 0 Å². The van der Waals surface area contributed by atoms with Crippen LogP contribution in [0.15, 0.2) is 4.52 Å². The minimum absolute atomic E-state index is 0.0197. The summed E-state index contributed by atoms with van der Waals surface area (Å²) in [6, 6.07) is 0. The first kappa shape index (κ1) is 17.4. The van der Waals surface area contributed by atoms with E-state index in [1.165, 1.54) is 7.11 Å². The molecule has 1 fully saturated rings. The van der Waals surface area contributed by atoms with E-state index in [0.29, 0.717) is 36.7 Å². The van der Waals surface area contributed by atoms with Crippen molar-refractivity contribution in [2.75, 3.05) is 26.9 Å². The Hall–Kier alpha value is -1.93. The standard InChI is InChI=1S/C15H22N2O6/c1-3-10-12(14(18)16-7-11(21-2)15(19)20)13(17-23-10)9-5-4-6-22-8-9/h9,11H,3-8H2,1-2H3,(H,16,18)(H,19,20)/t9?,11-/m0/s1. The summed E-state index contributed by atoms with van der Waals surface area (Å²) in [5.74, 6) is -1.01. The van der Waals surface area contributed by atoms with Gasteiger partial charge in [-0.1, -0.05) is 12.1 Å². The lowest BCUT2D eigenvalue weighted by atomic mass is 9.94. The highest BCUT2D eigenvalue weighted by molar-refractivity contribution is 5.96. The van der Waals surface area contributed by atoms with Gasteiger partial charge in [0.1, 0.15) is 17.0 Å². The maximum Gasteiger partial charge on any atom is 0.334 e. The highest BCUT2D eigenvalue weighted by atomic mass is 16.5. The Morgan fingerprint density at radius 3 is 2.87 bits per heavy atom. The molecule has 8 heteroatoms. The molecule has 2 atom stereocenters. The SMILES string of the molecule is CCc1onc(C2CCCOC2)c1C(=O)NC[C@H](OC)C(=O)O. The topological polar surface area (TPSA) is 111 Å². The number of carbonyl (C=O) groups is 2. The predicted octanol–water partition coefficient (Wildman–Crippen LogP) is 0.960. The van der Waals surface area contributed by atoms with Crippen LogP contribution >= 0.6 is 0 Å². The monoisotopic (exact) mass is 326 g/mol. The molecule has 1 aliphatic rings. The number of aryl methyl sites for hydroxylation is 1. The van der Waals surface area contributed by atoms with Gasteiger partial charge in [-0.25, -0.2) is 4.79 Å². The third kappa shape index (κ3) is 4.08. The molecule has 0 bridgehead atoms. The minimum Gasteiger partial charge on any atom is -0.479 e. The van der Waals surface area contributed by atoms with Gasteiger partial charge in [-0.3, -0.25) is 4.79 Å². The lowest BCUT2D eigenvalue weighted by Crippen LogP contribution is -2.38. The van der Waals surface area contributed by atoms with E-state index in [9.17, 15) is 9.59 Å². The van der Waals surface area contributed by atoms with E-state index in [-0.39, 0.29) is 12.5 Å². The summed E-state index contributed by atoms with van der Waals surface area (Å²) in [4.78, 5) is 23.4. The summed E-state index contributed by atoms with van der Waals surface area (Å²) >= 11 is 0. The van der Waals surface area contributed by atoms with Crippen molar-refractivity contribution >= 4 is 11.9 Å². The number of methoxy groups -OCH3 is 1. The summed E-state index contributed by atoms with van der Waals surface area (Å²) in [5, 5.41) is 15.6. The summed E-state index contributed by atoms with van der Waals surface area (Å²) in [7, 11) is 1.28. The van der Waals surface area contributed by atoms with Gasteiger partial charge in [0, 0.05) is 26.1 Å². The van der Waals surface area contributed by atoms with E-state index in [0.717, 1.165) is 12.8 Å². The zero-order valence-corrected chi connectivity index (χ0v) is 13.3. The van der Waals surface area contributed by atoms with Crippen molar-refractivity contribution in [3.05, 3.63) is 17.0 Å². The van der Waals surface area contributed by atoms with Gasteiger partial charge in [0.15, 0.2) is 6.10 Å². The molecule has 2 N–H and O–H groups in total. The molecular weight excluding hydrogens is 304 g/mol. The third-order valence-electron chi connectivity index (χ3n) is 3.89. The molecule has 2 rings (SSSR count). The smallest absolute Gasteiger partial charge is 0.334 e. The van der Waals surface area contributed by atoms with E-state index in [2.05, 4.69) is 10.5 Å². The fourth-order valence-electron chi connectivity index (χ4n) is 2.60. The Kier molecular flexibility index (Phi) is 6.12. The van der Waals surface area contributed by atoms with Crippen molar-refractivity contribution in [3.63, 3.8) is 0 Å². The summed E-state index contributed by atoms with van der Waals surface area (Å²) in [6.45, 7) is 2.96. The molecule has 23 heavy (non-hydrogen) atoms. The van der Waals surface area contributed by atoms with Crippen LogP contribution in [0.25, 0.3) is 0 Å². The van der Waals surface area contributed by atoms with Gasteiger partial charge in [0.05, 0.1) is 13.2 Å². The van der Waals surface area contributed by atoms with Gasteiger partial charge >= 0.3 is 5.97 Å². The summed E-state index contributed by atoms with van der Waals surface area (Å²) in [5.41, 5.74) is 0.978. The van der Waals surface area contributed by atoms with Crippen LogP contribution in [0, 0.1) is 0 Å². The zero-order chi connectivity index (χ0) is 16.8. The number of rotatable bonds is 7. The third-order valence-corrected chi connectivity index (χ3v) is 3.89. The average molecular weight is 326 g/mol. The van der Waals surface area contributed by atoms with Gasteiger partial charge < -0.3 is 24.4 Å². The molecule has 0 radical (unpaired) electrons. The van der Waals surface area contributed by atoms with E-state index in [1.54, 1.807) is 0 Å². The first-order valence-corrected chi connectivity index (χ1v) is 7.68. The van der Waals surface area contributed by atoms with Gasteiger partial charge in [-0.2, -0.15) is 0 Å². The Labute approximate surface area is 134 Å². The number of hydrogen-bond donors (Lipinski definition) is 2. The summed E-state index contributed by atoms with van der Waals surface area (Å²) < 4.78 is 15.5. The second-order valence-corrected chi connectivity index (χ2v) is 5.41. The van der Waals surface area contributed by atoms with Crippen molar-refractivity contribution in [2.24, 2.45) is 0 Å². The maximum atomic E-state index is 12.5. The number of nitrogens with one attached hydrogen (secondary N) is 1. The van der Waals surface area contributed by atoms with Crippen LogP contribution in [0.3, 0.4) is 0 Å². The quantitative estimate of drug-likeness (QED) is 0.767. The normalized spacial score (nSPS) is 19.3. The number of amides is 1. The van der Waals surface area contributed by atoms with Crippen molar-refractivity contribution in [3.8, 4) is 0 Å². The summed E-state index contributed by atoms with van der Waals surface area (Å²) in [6.07, 6.45) is 1.22. The number of ether oxygens (including phenoxy) is 2. The van der Waals surface area contributed by atoms with Crippen molar-refractivity contribution in [2.45, 2.75) is 38.2 Å². The number of carboxylic acid groups (broad SMARTS) is 1. The van der Waals surface area contributed by atoms with E-state index in [4.69, 9.17) is 19.1 Å². The molecule has 0 saturated carbocycles. The molecule has 1 unspecified atom stereocenters. The lowest BCUT2D eigenvalue weighted by Gasteiger charge is -2.21. The first-order valence-electron chi connectivity index (χ1n) is 7.68. The number of aliphatic carboxylic acids is 1. The molecule has 1 aromatic rings. The molecule has 0 spiro atoms. The number of nitrogens with zero attached hydrogens (tertiary/aromatic N) is 1. The number of hydrogen-bond acceptors (Lipinski definition) is 6. The second kappa shape index (κ2) is 8.07. The average Bonchev–Trinajstić information content (AvgIpc) is 2.99. The molecule has 8 nitrogen and oxygen atoms in total. The Morgan fingerprint density at radius 1 is 1.52 bits per heavy atom. The molecule has 0 aliphatic carbocycles. The Bertz CT molecular complexity index is 550. The maximum absolute atomic E-state index is 12.5. The van der Waals surface area contributed by atoms with Crippen molar-refractivity contribution < 1.29 is 28.7 Å². The van der Waals surface area contributed by atoms with Crippen molar-refractivity contribution in [1.29, 1.82) is 0 Å². The van der Waals surface area contributed by atoms with Gasteiger partial charge in [-0.05, 0) is 12.8 Å². The van der Waals surface area contributed by atoms with Crippen LogP contribution in [0.1, 0.15) is 47.5 Å². The zero-order valence-electron chi connectivity index (χ0n) is 13.3. The molecule has 128 valence electrons. The lowest BCUT2D eigenvalue weighted by molar-refractivity contribution is -0.148. The molecule has 1 saturated heterocycles. The molecule has 2 heterocycles. The molecule has 1 aromatic heterocycles. The molecule has 1 amide bonds. The number of carbonyl (C=O) groups excluding carboxylic acids is 1. The van der Waals surface area contributed by atoms with Gasteiger partial charge in [0.25, 0.3) is 5.91 Å². The van der Waals surface area contributed by atoms with Crippen LogP contribution in [0.2, 0.25) is 0 Å². The predicted molar refractivity (Wildman–Crippen MR) is 79.4 cm³/mol. The van der Waals surface area contributed by atoms with Gasteiger partial charge in [0.2, 0.25) is 0 Å². The largest absolute Gasteiger partial charge is 0.479 e. The van der Waals surface area contributed by atoms with Crippen LogP contribution in [-0.4, -0.2) is 55.1 Å². The second-order valence-electron chi connectivity index (χ2n) is 5.41. The van der Waals surface area contributed by atoms with Crippen LogP contribution in [0.5, 0.6) is 0 Å². The fraction of sp³-hybridized carbons (Fsp3) is 0.667. The number of aromatic nitrogens is 1. The van der Waals surface area contributed by atoms with Gasteiger partial charge in [-0.15, -0.1) is 0 Å². The first-order chi connectivity index (χ1) is 11.1. The number of carboxylic acids is 1. The Balaban J connectivity index is 2.14. The van der Waals surface area contributed by atoms with E-state index >= 15 is 0 Å². The highest BCUT2D eigenvalue weighted by Crippen LogP contribution is 2.29. The van der Waals surface area contributed by atoms with Crippen LogP contribution < -0.4 is 5.32 Å². The van der Waals surface area contributed by atoms with E-state index in [1.807, 2.05) is 6.92 Å². The fourth-order valence-corrected chi connectivity index (χ4v) is 2.60. The minimum atomic E-state index is -1.13. The van der Waals surface area contributed by atoms with Crippen LogP contribution in [-0.2, 0) is 20.7 Å². The molecule has 1 aliphatic heterocycles. The van der Waals surface area contributed by atoms with Crippen molar-refractivity contribution in [1.82, 2.24) is 10.5 Å². The highest BCUT2D eigenvalue weighted by Gasteiger charge is 2.29. The molecular formula is C15H22N2O6.